The summed E-state index contributed by atoms with van der Waals surface area (Å²) in [6, 6.07) is 11.9. The van der Waals surface area contributed by atoms with Crippen molar-refractivity contribution >= 4 is 5.91 Å². The Morgan fingerprint density at radius 2 is 1.77 bits per heavy atom. The first-order chi connectivity index (χ1) is 13.5. The summed E-state index contributed by atoms with van der Waals surface area (Å²) in [5.74, 6) is -0.0231. The van der Waals surface area contributed by atoms with Crippen LogP contribution in [0.5, 0.6) is 0 Å². The lowest BCUT2D eigenvalue weighted by molar-refractivity contribution is -0.00112. The number of nitrogens with zero attached hydrogens (tertiary/aromatic N) is 1. The van der Waals surface area contributed by atoms with E-state index in [2.05, 4.69) is 57.9 Å². The Kier molecular flexibility index (Phi) is 7.13. The number of hydrogen-bond acceptors (Lipinski definition) is 3. The highest BCUT2D eigenvalue weighted by Crippen LogP contribution is 2.44. The number of nitrogens with one attached hydrogen (secondary N) is 1. The van der Waals surface area contributed by atoms with E-state index in [-0.39, 0.29) is 29.9 Å². The Morgan fingerprint density at radius 1 is 1.07 bits per heavy atom. The molecule has 4 heteroatoms. The van der Waals surface area contributed by atoms with Crippen LogP contribution < -0.4 is 5.32 Å². The van der Waals surface area contributed by atoms with Gasteiger partial charge in [0, 0.05) is 11.8 Å². The average molecular weight is 411 g/mol. The molecular weight excluding hydrogens is 372 g/mol. The zero-order valence-corrected chi connectivity index (χ0v) is 18.6. The first-order valence-corrected chi connectivity index (χ1v) is 10.5. The monoisotopic (exact) mass is 410 g/mol. The lowest BCUT2D eigenvalue weighted by Crippen LogP contribution is -2.36. The normalized spacial score (nSPS) is 15.3. The van der Waals surface area contributed by atoms with Crippen LogP contribution in [0.15, 0.2) is 42.6 Å². The van der Waals surface area contributed by atoms with Crippen LogP contribution in [-0.2, 0) is 22.1 Å². The van der Waals surface area contributed by atoms with Crippen LogP contribution in [0.2, 0.25) is 0 Å². The van der Waals surface area contributed by atoms with Gasteiger partial charge in [-0.25, -0.2) is 0 Å². The van der Waals surface area contributed by atoms with Crippen LogP contribution in [0.1, 0.15) is 89.0 Å². The lowest BCUT2D eigenvalue weighted by Gasteiger charge is -2.27. The zero-order chi connectivity index (χ0) is 21.3. The van der Waals surface area contributed by atoms with Gasteiger partial charge in [0.15, 0.2) is 0 Å². The van der Waals surface area contributed by atoms with E-state index < -0.39 is 0 Å². The molecule has 1 heterocycles. The van der Waals surface area contributed by atoms with Crippen LogP contribution in [0.3, 0.4) is 0 Å². The van der Waals surface area contributed by atoms with E-state index in [9.17, 15) is 4.79 Å². The quantitative estimate of drug-likeness (QED) is 0.655. The molecule has 1 aromatic heterocycles. The van der Waals surface area contributed by atoms with Gasteiger partial charge in [-0.3, -0.25) is 9.78 Å². The van der Waals surface area contributed by atoms with Crippen molar-refractivity contribution in [2.45, 2.75) is 84.8 Å². The van der Waals surface area contributed by atoms with Crippen molar-refractivity contribution in [1.82, 2.24) is 10.3 Å². The summed E-state index contributed by atoms with van der Waals surface area (Å²) < 4.78 is 5.98. The number of amides is 1. The van der Waals surface area contributed by atoms with Crippen molar-refractivity contribution in [2.75, 3.05) is 6.61 Å². The van der Waals surface area contributed by atoms with Gasteiger partial charge in [-0.2, -0.15) is 0 Å². The Labute approximate surface area is 182 Å². The molecule has 3 rings (SSSR count). The molecule has 0 saturated heterocycles. The molecule has 1 saturated carbocycles. The van der Waals surface area contributed by atoms with Gasteiger partial charge in [0.1, 0.15) is 0 Å². The van der Waals surface area contributed by atoms with Crippen LogP contribution in [0.4, 0.5) is 0 Å². The number of carbonyl (C=O) groups excluding carboxylic acids is 1. The van der Waals surface area contributed by atoms with Crippen molar-refractivity contribution in [3.05, 3.63) is 65.0 Å². The summed E-state index contributed by atoms with van der Waals surface area (Å²) >= 11 is 0. The number of benzene rings is 1. The maximum atomic E-state index is 13.4. The maximum Gasteiger partial charge on any atom is 0.252 e. The predicted octanol–water partition coefficient (Wildman–Crippen LogP) is 5.79. The van der Waals surface area contributed by atoms with Gasteiger partial charge in [0.2, 0.25) is 0 Å². The van der Waals surface area contributed by atoms with Crippen LogP contribution in [0.25, 0.3) is 0 Å². The summed E-state index contributed by atoms with van der Waals surface area (Å²) in [6.07, 6.45) is 4.36. The molecule has 2 aromatic rings. The van der Waals surface area contributed by atoms with Crippen molar-refractivity contribution < 1.29 is 9.53 Å². The number of aromatic nitrogens is 1. The molecule has 1 aromatic carbocycles. The van der Waals surface area contributed by atoms with Gasteiger partial charge in [-0.1, -0.05) is 46.4 Å². The van der Waals surface area contributed by atoms with Gasteiger partial charge < -0.3 is 10.1 Å². The molecule has 0 radical (unpaired) electrons. The van der Waals surface area contributed by atoms with Crippen LogP contribution in [-0.4, -0.2) is 23.1 Å². The predicted molar refractivity (Wildman–Crippen MR) is 124 cm³/mol. The minimum Gasteiger partial charge on any atom is -0.376 e. The van der Waals surface area contributed by atoms with Gasteiger partial charge in [-0.05, 0) is 74.8 Å². The van der Waals surface area contributed by atoms with E-state index in [1.165, 1.54) is 5.56 Å². The van der Waals surface area contributed by atoms with Crippen molar-refractivity contribution in [1.29, 1.82) is 0 Å². The molecule has 1 aliphatic carbocycles. The molecular formula is C26H38N2O2. The van der Waals surface area contributed by atoms with E-state index in [1.807, 2.05) is 30.3 Å². The van der Waals surface area contributed by atoms with Gasteiger partial charge >= 0.3 is 0 Å². The number of carbonyl (C=O) groups is 1. The van der Waals surface area contributed by atoms with E-state index in [4.69, 9.17) is 4.74 Å². The first kappa shape index (κ1) is 24.1. The third-order valence-corrected chi connectivity index (χ3v) is 5.37. The SMILES string of the molecule is C.CC(C)(C)OCCc1c(C(=O)NC2(c3ccccn3)CC2)cccc1C(C)(C)C. The molecule has 164 valence electrons. The third kappa shape index (κ3) is 5.69. The number of rotatable bonds is 6. The Bertz CT molecular complexity index is 857. The maximum absolute atomic E-state index is 13.4. The highest BCUT2D eigenvalue weighted by Gasteiger charge is 2.47. The van der Waals surface area contributed by atoms with Crippen molar-refractivity contribution in [3.63, 3.8) is 0 Å². The topological polar surface area (TPSA) is 51.2 Å². The lowest BCUT2D eigenvalue weighted by atomic mass is 9.81. The van der Waals surface area contributed by atoms with E-state index in [0.29, 0.717) is 13.0 Å². The Morgan fingerprint density at radius 3 is 2.30 bits per heavy atom. The molecule has 30 heavy (non-hydrogen) atoms. The smallest absolute Gasteiger partial charge is 0.252 e. The molecule has 1 amide bonds. The summed E-state index contributed by atoms with van der Waals surface area (Å²) in [5.41, 5.74) is 3.40. The van der Waals surface area contributed by atoms with Crippen LogP contribution >= 0.6 is 0 Å². The van der Waals surface area contributed by atoms with E-state index in [1.54, 1.807) is 6.20 Å². The molecule has 4 nitrogen and oxygen atoms in total. The molecule has 0 bridgehead atoms. The fourth-order valence-electron chi connectivity index (χ4n) is 3.73. The minimum absolute atomic E-state index is 0. The zero-order valence-electron chi connectivity index (χ0n) is 18.6. The minimum atomic E-state index is -0.324. The van der Waals surface area contributed by atoms with Crippen molar-refractivity contribution in [3.8, 4) is 0 Å². The van der Waals surface area contributed by atoms with E-state index >= 15 is 0 Å². The van der Waals surface area contributed by atoms with Gasteiger partial charge in [0.05, 0.1) is 23.4 Å². The average Bonchev–Trinajstić information content (AvgIpc) is 3.41. The summed E-state index contributed by atoms with van der Waals surface area (Å²) in [4.78, 5) is 17.8. The van der Waals surface area contributed by atoms with Gasteiger partial charge in [-0.15, -0.1) is 0 Å². The second kappa shape index (κ2) is 8.89. The fourth-order valence-corrected chi connectivity index (χ4v) is 3.73. The second-order valence-corrected chi connectivity index (χ2v) is 10.0. The third-order valence-electron chi connectivity index (χ3n) is 5.37. The Balaban J connectivity index is 0.00000320. The number of hydrogen-bond donors (Lipinski definition) is 1. The molecule has 0 spiro atoms. The van der Waals surface area contributed by atoms with Crippen molar-refractivity contribution in [2.24, 2.45) is 0 Å². The highest BCUT2D eigenvalue weighted by molar-refractivity contribution is 5.97. The molecule has 1 aliphatic rings. The summed E-state index contributed by atoms with van der Waals surface area (Å²) in [7, 11) is 0. The molecule has 1 fully saturated rings. The summed E-state index contributed by atoms with van der Waals surface area (Å²) in [5, 5.41) is 3.28. The van der Waals surface area contributed by atoms with E-state index in [0.717, 1.165) is 29.7 Å². The second-order valence-electron chi connectivity index (χ2n) is 10.0. The molecule has 0 aliphatic heterocycles. The van der Waals surface area contributed by atoms with Gasteiger partial charge in [0.25, 0.3) is 5.91 Å². The molecule has 1 N–H and O–H groups in total. The number of pyridine rings is 1. The largest absolute Gasteiger partial charge is 0.376 e. The molecule has 0 unspecified atom stereocenters. The first-order valence-electron chi connectivity index (χ1n) is 10.5. The summed E-state index contributed by atoms with van der Waals surface area (Å²) in [6.45, 7) is 13.3. The van der Waals surface area contributed by atoms with Crippen LogP contribution in [0, 0.1) is 0 Å². The highest BCUT2D eigenvalue weighted by atomic mass is 16.5. The Hall–Kier alpha value is -2.20. The standard InChI is InChI=1S/C25H34N2O2.CH4/c1-23(2,3)20-11-9-10-19(18(20)13-17-29-24(4,5)6)22(28)27-25(14-15-25)21-12-7-8-16-26-21;/h7-12,16H,13-15,17H2,1-6H3,(H,27,28);1H4. The fraction of sp³-hybridized carbons (Fsp3) is 0.538. The molecule has 0 atom stereocenters. The number of ether oxygens (including phenoxy) is 1.